The van der Waals surface area contributed by atoms with Crippen LogP contribution in [0.1, 0.15) is 11.1 Å². The molecule has 0 aliphatic carbocycles. The maximum Gasteiger partial charge on any atom is 0.252 e. The third-order valence-corrected chi connectivity index (χ3v) is 8.70. The van der Waals surface area contributed by atoms with Gasteiger partial charge in [-0.3, -0.25) is 4.79 Å². The van der Waals surface area contributed by atoms with E-state index in [9.17, 15) is 17.6 Å². The zero-order valence-corrected chi connectivity index (χ0v) is 18.0. The van der Waals surface area contributed by atoms with E-state index >= 15 is 0 Å². The van der Waals surface area contributed by atoms with Gasteiger partial charge >= 0.3 is 0 Å². The van der Waals surface area contributed by atoms with Gasteiger partial charge in [-0.15, -0.1) is 0 Å². The number of halogens is 1. The van der Waals surface area contributed by atoms with Crippen LogP contribution in [0.15, 0.2) is 47.5 Å². The highest BCUT2D eigenvalue weighted by molar-refractivity contribution is 8.15. The molecule has 0 unspecified atom stereocenters. The van der Waals surface area contributed by atoms with E-state index in [0.29, 0.717) is 28.8 Å². The summed E-state index contributed by atoms with van der Waals surface area (Å²) < 4.78 is 48.2. The van der Waals surface area contributed by atoms with Crippen LogP contribution < -0.4 is 9.47 Å². The maximum atomic E-state index is 13.1. The Hall–Kier alpha value is -2.59. The fourth-order valence-electron chi connectivity index (χ4n) is 3.98. The van der Waals surface area contributed by atoms with E-state index in [1.165, 1.54) is 23.9 Å². The normalized spacial score (nSPS) is 24.5. The number of fused-ring (bicyclic) bond motifs is 2. The highest BCUT2D eigenvalue weighted by Gasteiger charge is 2.48. The highest BCUT2D eigenvalue weighted by Crippen LogP contribution is 2.40. The Labute approximate surface area is 183 Å². The van der Waals surface area contributed by atoms with Gasteiger partial charge in [0.1, 0.15) is 5.82 Å². The molecule has 162 valence electrons. The number of amides is 1. The molecule has 0 radical (unpaired) electrons. The van der Waals surface area contributed by atoms with Crippen molar-refractivity contribution in [3.05, 3.63) is 59.4 Å². The lowest BCUT2D eigenvalue weighted by atomic mass is 10.1. The third-order valence-electron chi connectivity index (χ3n) is 5.45. The molecule has 3 heterocycles. The van der Waals surface area contributed by atoms with Crippen LogP contribution in [0.2, 0.25) is 0 Å². The molecule has 0 saturated carbocycles. The minimum absolute atomic E-state index is 0.0421. The van der Waals surface area contributed by atoms with E-state index in [1.54, 1.807) is 12.1 Å². The van der Waals surface area contributed by atoms with Gasteiger partial charge in [-0.05, 0) is 35.4 Å². The predicted octanol–water partition coefficient (Wildman–Crippen LogP) is 2.39. The summed E-state index contributed by atoms with van der Waals surface area (Å²) in [6.45, 7) is 0.578. The topological polar surface area (TPSA) is 85.3 Å². The van der Waals surface area contributed by atoms with Crippen molar-refractivity contribution in [3.63, 3.8) is 0 Å². The van der Waals surface area contributed by atoms with Crippen LogP contribution in [0.3, 0.4) is 0 Å². The van der Waals surface area contributed by atoms with Crippen molar-refractivity contribution in [2.45, 2.75) is 24.3 Å². The van der Waals surface area contributed by atoms with Crippen molar-refractivity contribution >= 4 is 32.7 Å². The summed E-state index contributed by atoms with van der Waals surface area (Å²) in [5.74, 6) is 0.714. The number of thioether (sulfide) groups is 1. The molecule has 7 nitrogen and oxygen atoms in total. The number of amidine groups is 1. The van der Waals surface area contributed by atoms with Crippen molar-refractivity contribution < 1.29 is 27.1 Å². The second-order valence-corrected chi connectivity index (χ2v) is 11.1. The maximum absolute atomic E-state index is 13.1. The number of ether oxygens (including phenoxy) is 2. The molecule has 3 aliphatic rings. The Kier molecular flexibility index (Phi) is 5.13. The monoisotopic (exact) mass is 462 g/mol. The van der Waals surface area contributed by atoms with Gasteiger partial charge in [0.2, 0.25) is 6.79 Å². The van der Waals surface area contributed by atoms with E-state index in [4.69, 9.17) is 9.47 Å². The molecule has 10 heteroatoms. The van der Waals surface area contributed by atoms with Gasteiger partial charge < -0.3 is 14.4 Å². The quantitative estimate of drug-likeness (QED) is 0.690. The molecule has 0 bridgehead atoms. The average molecular weight is 463 g/mol. The summed E-state index contributed by atoms with van der Waals surface area (Å²) in [4.78, 5) is 18.8. The summed E-state index contributed by atoms with van der Waals surface area (Å²) in [6, 6.07) is 11.1. The Balaban J connectivity index is 1.39. The lowest BCUT2D eigenvalue weighted by Gasteiger charge is -2.24. The van der Waals surface area contributed by atoms with Gasteiger partial charge in [-0.2, -0.15) is 4.99 Å². The second-order valence-electron chi connectivity index (χ2n) is 7.71. The molecule has 0 N–H and O–H groups in total. The highest BCUT2D eigenvalue weighted by atomic mass is 32.2. The van der Waals surface area contributed by atoms with Gasteiger partial charge in [0.05, 0.1) is 24.0 Å². The van der Waals surface area contributed by atoms with Gasteiger partial charge in [0, 0.05) is 11.8 Å². The van der Waals surface area contributed by atoms with E-state index in [-0.39, 0.29) is 47.7 Å². The number of benzene rings is 2. The number of hydrogen-bond acceptors (Lipinski definition) is 6. The number of nitrogens with zero attached hydrogens (tertiary/aromatic N) is 2. The summed E-state index contributed by atoms with van der Waals surface area (Å²) in [5.41, 5.74) is 1.58. The number of carbonyl (C=O) groups is 1. The van der Waals surface area contributed by atoms with E-state index in [0.717, 1.165) is 5.56 Å². The van der Waals surface area contributed by atoms with Crippen LogP contribution in [0.4, 0.5) is 4.39 Å². The van der Waals surface area contributed by atoms with Crippen molar-refractivity contribution in [1.82, 2.24) is 4.90 Å². The van der Waals surface area contributed by atoms with E-state index in [2.05, 4.69) is 4.99 Å². The summed E-state index contributed by atoms with van der Waals surface area (Å²) >= 11 is 1.34. The SMILES string of the molecule is O=C(Cc1ccc(F)cc1)N=C1S[C@@H]2CS(=O)(=O)C[C@@H]2N1Cc1ccc2c(c1)OCO2. The largest absolute Gasteiger partial charge is 0.454 e. The average Bonchev–Trinajstić information content (AvgIpc) is 3.37. The molecular weight excluding hydrogens is 443 g/mol. The third kappa shape index (κ3) is 4.27. The van der Waals surface area contributed by atoms with Crippen molar-refractivity contribution in [2.75, 3.05) is 18.3 Å². The van der Waals surface area contributed by atoms with Crippen LogP contribution in [0, 0.1) is 5.82 Å². The molecule has 2 aromatic rings. The Bertz CT molecular complexity index is 1170. The molecule has 3 aliphatic heterocycles. The number of hydrogen-bond donors (Lipinski definition) is 0. The van der Waals surface area contributed by atoms with Crippen LogP contribution in [-0.4, -0.2) is 54.0 Å². The Morgan fingerprint density at radius 3 is 2.65 bits per heavy atom. The molecule has 2 fully saturated rings. The molecule has 0 spiro atoms. The van der Waals surface area contributed by atoms with Crippen LogP contribution in [-0.2, 0) is 27.6 Å². The summed E-state index contributed by atoms with van der Waals surface area (Å²) in [7, 11) is -3.13. The Morgan fingerprint density at radius 1 is 1.10 bits per heavy atom. The van der Waals surface area contributed by atoms with Crippen LogP contribution in [0.5, 0.6) is 11.5 Å². The molecule has 2 aromatic carbocycles. The first-order valence-corrected chi connectivity index (χ1v) is 12.4. The lowest BCUT2D eigenvalue weighted by Crippen LogP contribution is -2.37. The van der Waals surface area contributed by atoms with Gasteiger partial charge in [0.15, 0.2) is 26.5 Å². The fourth-order valence-corrected chi connectivity index (χ4v) is 7.95. The van der Waals surface area contributed by atoms with Crippen molar-refractivity contribution in [1.29, 1.82) is 0 Å². The second kappa shape index (κ2) is 7.83. The minimum Gasteiger partial charge on any atom is -0.454 e. The summed E-state index contributed by atoms with van der Waals surface area (Å²) in [6.07, 6.45) is 0.0514. The smallest absolute Gasteiger partial charge is 0.252 e. The molecule has 2 saturated heterocycles. The first-order valence-electron chi connectivity index (χ1n) is 9.74. The standard InChI is InChI=1S/C21H19FN2O5S2/c22-15-4-1-13(2-5-15)8-20(25)23-21-24(16-10-31(26,27)11-19(16)30-21)9-14-3-6-17-18(7-14)29-12-28-17/h1-7,16,19H,8-12H2/t16-,19+/m0/s1. The molecule has 5 rings (SSSR count). The zero-order valence-electron chi connectivity index (χ0n) is 16.4. The summed E-state index contributed by atoms with van der Waals surface area (Å²) in [5, 5.41) is 0.367. The van der Waals surface area contributed by atoms with Crippen LogP contribution in [0.25, 0.3) is 0 Å². The number of aliphatic imine (C=N–C) groups is 1. The predicted molar refractivity (Wildman–Crippen MR) is 114 cm³/mol. The molecule has 2 atom stereocenters. The van der Waals surface area contributed by atoms with Crippen molar-refractivity contribution in [3.8, 4) is 11.5 Å². The number of sulfone groups is 1. The van der Waals surface area contributed by atoms with Gasteiger partial charge in [-0.1, -0.05) is 30.0 Å². The fraction of sp³-hybridized carbons (Fsp3) is 0.333. The van der Waals surface area contributed by atoms with E-state index in [1.807, 2.05) is 23.1 Å². The molecule has 1 amide bonds. The molecule has 31 heavy (non-hydrogen) atoms. The van der Waals surface area contributed by atoms with Crippen LogP contribution >= 0.6 is 11.8 Å². The minimum atomic E-state index is -3.13. The Morgan fingerprint density at radius 2 is 1.84 bits per heavy atom. The van der Waals surface area contributed by atoms with Gasteiger partial charge in [-0.25, -0.2) is 12.8 Å². The van der Waals surface area contributed by atoms with Crippen molar-refractivity contribution in [2.24, 2.45) is 4.99 Å². The first kappa shape index (κ1) is 20.3. The number of rotatable bonds is 4. The lowest BCUT2D eigenvalue weighted by molar-refractivity contribution is -0.117. The first-order chi connectivity index (χ1) is 14.9. The molecule has 0 aromatic heterocycles. The zero-order chi connectivity index (χ0) is 21.6. The molecular formula is C21H19FN2O5S2. The number of carbonyl (C=O) groups excluding carboxylic acids is 1. The van der Waals surface area contributed by atoms with Gasteiger partial charge in [0.25, 0.3) is 5.91 Å². The van der Waals surface area contributed by atoms with E-state index < -0.39 is 9.84 Å².